The lowest BCUT2D eigenvalue weighted by molar-refractivity contribution is 0.474. The Morgan fingerprint density at radius 1 is 1.06 bits per heavy atom. The second-order valence-corrected chi connectivity index (χ2v) is 3.73. The molecular weight excluding hydrogens is 222 g/mol. The lowest BCUT2D eigenvalue weighted by Crippen LogP contribution is -1.80. The number of hydrogen-bond acceptors (Lipinski definition) is 2. The van der Waals surface area contributed by atoms with Gasteiger partial charge in [0, 0.05) is 16.8 Å². The van der Waals surface area contributed by atoms with Gasteiger partial charge < -0.3 is 5.11 Å². The zero-order valence-corrected chi connectivity index (χ0v) is 9.22. The van der Waals surface area contributed by atoms with E-state index in [2.05, 4.69) is 4.99 Å². The van der Waals surface area contributed by atoms with Gasteiger partial charge in [0.25, 0.3) is 0 Å². The van der Waals surface area contributed by atoms with E-state index < -0.39 is 0 Å². The van der Waals surface area contributed by atoms with Gasteiger partial charge in [-0.15, -0.1) is 0 Å². The van der Waals surface area contributed by atoms with E-state index in [4.69, 9.17) is 11.6 Å². The summed E-state index contributed by atoms with van der Waals surface area (Å²) in [6, 6.07) is 14.3. The van der Waals surface area contributed by atoms with Crippen molar-refractivity contribution >= 4 is 23.5 Å². The second kappa shape index (κ2) is 4.81. The lowest BCUT2D eigenvalue weighted by atomic mass is 10.2. The normalized spacial score (nSPS) is 10.8. The van der Waals surface area contributed by atoms with Crippen LogP contribution in [0.15, 0.2) is 53.5 Å². The Balaban J connectivity index is 2.25. The highest BCUT2D eigenvalue weighted by Gasteiger charge is 1.95. The van der Waals surface area contributed by atoms with Gasteiger partial charge in [-0.1, -0.05) is 29.8 Å². The summed E-state index contributed by atoms with van der Waals surface area (Å²) >= 11 is 5.83. The van der Waals surface area contributed by atoms with Crippen LogP contribution in [0.5, 0.6) is 5.75 Å². The van der Waals surface area contributed by atoms with Crippen molar-refractivity contribution in [1.29, 1.82) is 0 Å². The molecule has 0 aliphatic heterocycles. The quantitative estimate of drug-likeness (QED) is 0.784. The van der Waals surface area contributed by atoms with Crippen molar-refractivity contribution in [1.82, 2.24) is 0 Å². The minimum Gasteiger partial charge on any atom is -0.507 e. The van der Waals surface area contributed by atoms with Crippen molar-refractivity contribution in [3.63, 3.8) is 0 Å². The van der Waals surface area contributed by atoms with E-state index in [9.17, 15) is 5.11 Å². The molecule has 1 N–H and O–H groups in total. The van der Waals surface area contributed by atoms with Crippen molar-refractivity contribution in [2.75, 3.05) is 0 Å². The summed E-state index contributed by atoms with van der Waals surface area (Å²) in [5.41, 5.74) is 1.44. The van der Waals surface area contributed by atoms with E-state index in [0.717, 1.165) is 5.69 Å². The maximum atomic E-state index is 9.53. The molecule has 0 aromatic heterocycles. The molecule has 0 unspecified atom stereocenters. The molecule has 0 saturated heterocycles. The van der Waals surface area contributed by atoms with Gasteiger partial charge in [-0.25, -0.2) is 0 Å². The summed E-state index contributed by atoms with van der Waals surface area (Å²) in [6.07, 6.45) is 1.61. The zero-order valence-electron chi connectivity index (χ0n) is 8.47. The van der Waals surface area contributed by atoms with Crippen LogP contribution in [-0.2, 0) is 0 Å². The van der Waals surface area contributed by atoms with Crippen LogP contribution < -0.4 is 0 Å². The van der Waals surface area contributed by atoms with Crippen molar-refractivity contribution < 1.29 is 5.11 Å². The number of phenols is 1. The molecule has 0 amide bonds. The molecule has 2 rings (SSSR count). The Bertz CT molecular complexity index is 523. The molecule has 0 aliphatic carbocycles. The Kier molecular flexibility index (Phi) is 3.22. The zero-order chi connectivity index (χ0) is 11.4. The fourth-order valence-corrected chi connectivity index (χ4v) is 1.48. The molecule has 0 bridgehead atoms. The first-order valence-corrected chi connectivity index (χ1v) is 5.21. The number of hydrogen-bond donors (Lipinski definition) is 1. The largest absolute Gasteiger partial charge is 0.507 e. The number of para-hydroxylation sites is 1. The van der Waals surface area contributed by atoms with Crippen LogP contribution in [0.4, 0.5) is 5.69 Å². The Morgan fingerprint density at radius 2 is 1.88 bits per heavy atom. The standard InChI is InChI=1S/C13H10ClNO/c14-11-5-3-6-12(8-11)15-9-10-4-1-2-7-13(10)16/h1-9,16H/b15-9+. The van der Waals surface area contributed by atoms with Crippen LogP contribution >= 0.6 is 11.6 Å². The van der Waals surface area contributed by atoms with Gasteiger partial charge in [-0.2, -0.15) is 0 Å². The van der Waals surface area contributed by atoms with Gasteiger partial charge in [-0.3, -0.25) is 4.99 Å². The molecule has 80 valence electrons. The molecule has 2 aromatic rings. The van der Waals surface area contributed by atoms with Crippen LogP contribution in [-0.4, -0.2) is 11.3 Å². The van der Waals surface area contributed by atoms with Gasteiger partial charge in [0.1, 0.15) is 5.75 Å². The summed E-state index contributed by atoms with van der Waals surface area (Å²) in [5.74, 6) is 0.216. The molecule has 2 aromatic carbocycles. The molecule has 0 atom stereocenters. The summed E-state index contributed by atoms with van der Waals surface area (Å²) in [7, 11) is 0. The highest BCUT2D eigenvalue weighted by molar-refractivity contribution is 6.30. The lowest BCUT2D eigenvalue weighted by Gasteiger charge is -1.97. The number of rotatable bonds is 2. The predicted molar refractivity (Wildman–Crippen MR) is 66.8 cm³/mol. The highest BCUT2D eigenvalue weighted by atomic mass is 35.5. The monoisotopic (exact) mass is 231 g/mol. The molecular formula is C13H10ClNO. The van der Waals surface area contributed by atoms with Gasteiger partial charge >= 0.3 is 0 Å². The summed E-state index contributed by atoms with van der Waals surface area (Å²) in [5, 5.41) is 10.2. The molecule has 0 saturated carbocycles. The molecule has 0 heterocycles. The highest BCUT2D eigenvalue weighted by Crippen LogP contribution is 2.19. The third kappa shape index (κ3) is 2.61. The topological polar surface area (TPSA) is 32.6 Å². The van der Waals surface area contributed by atoms with Crippen molar-refractivity contribution in [3.8, 4) is 5.75 Å². The van der Waals surface area contributed by atoms with E-state index in [1.165, 1.54) is 0 Å². The molecule has 0 radical (unpaired) electrons. The number of benzene rings is 2. The van der Waals surface area contributed by atoms with Crippen LogP contribution in [0.3, 0.4) is 0 Å². The number of phenolic OH excluding ortho intramolecular Hbond substituents is 1. The smallest absolute Gasteiger partial charge is 0.124 e. The fourth-order valence-electron chi connectivity index (χ4n) is 1.30. The SMILES string of the molecule is Oc1ccccc1/C=N/c1cccc(Cl)c1. The molecule has 0 spiro atoms. The maximum Gasteiger partial charge on any atom is 0.124 e. The third-order valence-corrected chi connectivity index (χ3v) is 2.33. The first-order valence-electron chi connectivity index (χ1n) is 4.83. The average molecular weight is 232 g/mol. The van der Waals surface area contributed by atoms with Gasteiger partial charge in [0.15, 0.2) is 0 Å². The van der Waals surface area contributed by atoms with E-state index in [1.54, 1.807) is 36.5 Å². The summed E-state index contributed by atoms with van der Waals surface area (Å²) < 4.78 is 0. The van der Waals surface area contributed by atoms with Crippen molar-refractivity contribution in [2.45, 2.75) is 0 Å². The molecule has 2 nitrogen and oxygen atoms in total. The van der Waals surface area contributed by atoms with E-state index in [1.807, 2.05) is 18.2 Å². The first-order chi connectivity index (χ1) is 7.75. The number of aromatic hydroxyl groups is 1. The molecule has 16 heavy (non-hydrogen) atoms. The maximum absolute atomic E-state index is 9.53. The Hall–Kier alpha value is -1.80. The minimum absolute atomic E-state index is 0.216. The Labute approximate surface area is 98.8 Å². The minimum atomic E-state index is 0.216. The number of aliphatic imine (C=N–C) groups is 1. The summed E-state index contributed by atoms with van der Waals surface area (Å²) in [6.45, 7) is 0. The van der Waals surface area contributed by atoms with Gasteiger partial charge in [-0.05, 0) is 30.3 Å². The van der Waals surface area contributed by atoms with Crippen LogP contribution in [0.1, 0.15) is 5.56 Å². The Morgan fingerprint density at radius 3 is 2.62 bits per heavy atom. The van der Waals surface area contributed by atoms with Gasteiger partial charge in [0.05, 0.1) is 5.69 Å². The molecule has 0 fully saturated rings. The van der Waals surface area contributed by atoms with Gasteiger partial charge in [0.2, 0.25) is 0 Å². The van der Waals surface area contributed by atoms with Crippen LogP contribution in [0.2, 0.25) is 5.02 Å². The van der Waals surface area contributed by atoms with E-state index in [-0.39, 0.29) is 5.75 Å². The van der Waals surface area contributed by atoms with E-state index in [0.29, 0.717) is 10.6 Å². The van der Waals surface area contributed by atoms with Crippen molar-refractivity contribution in [3.05, 3.63) is 59.1 Å². The van der Waals surface area contributed by atoms with E-state index >= 15 is 0 Å². The van der Waals surface area contributed by atoms with Crippen molar-refractivity contribution in [2.24, 2.45) is 4.99 Å². The number of halogens is 1. The average Bonchev–Trinajstić information content (AvgIpc) is 2.28. The number of nitrogens with zero attached hydrogens (tertiary/aromatic N) is 1. The predicted octanol–water partition coefficient (Wildman–Crippen LogP) is 3.80. The molecule has 0 aliphatic rings. The fraction of sp³-hybridized carbons (Fsp3) is 0. The molecule has 3 heteroatoms. The van der Waals surface area contributed by atoms with Crippen LogP contribution in [0.25, 0.3) is 0 Å². The first kappa shape index (κ1) is 10.7. The third-order valence-electron chi connectivity index (χ3n) is 2.10. The summed E-state index contributed by atoms with van der Waals surface area (Å²) in [4.78, 5) is 4.23. The van der Waals surface area contributed by atoms with Crippen LogP contribution in [0, 0.1) is 0 Å². The second-order valence-electron chi connectivity index (χ2n) is 3.30.